The van der Waals surface area contributed by atoms with Crippen molar-refractivity contribution in [2.24, 2.45) is 0 Å². The molecule has 2 aliphatic rings. The Balaban J connectivity index is 1.74. The van der Waals surface area contributed by atoms with E-state index in [1.54, 1.807) is 4.90 Å². The molecule has 2 heterocycles. The maximum atomic E-state index is 11.9. The second kappa shape index (κ2) is 4.26. The zero-order valence-corrected chi connectivity index (χ0v) is 10.7. The molecule has 1 saturated heterocycles. The molecular formula is C13H16N2OS. The number of carbonyl (C=O) groups excluding carboxylic acids is 1. The summed E-state index contributed by atoms with van der Waals surface area (Å²) in [4.78, 5) is 17.0. The van der Waals surface area contributed by atoms with Gasteiger partial charge in [-0.15, -0.1) is 11.8 Å². The van der Waals surface area contributed by atoms with Gasteiger partial charge in [0.25, 0.3) is 0 Å². The summed E-state index contributed by atoms with van der Waals surface area (Å²) >= 11 is 1.91. The molecule has 0 N–H and O–H groups in total. The number of hydrogen-bond acceptors (Lipinski definition) is 2. The van der Waals surface area contributed by atoms with E-state index in [9.17, 15) is 4.79 Å². The van der Waals surface area contributed by atoms with Crippen molar-refractivity contribution >= 4 is 17.8 Å². The van der Waals surface area contributed by atoms with Crippen molar-refractivity contribution in [1.82, 2.24) is 9.80 Å². The maximum Gasteiger partial charge on any atom is 0.319 e. The molecule has 0 radical (unpaired) electrons. The van der Waals surface area contributed by atoms with Crippen LogP contribution in [-0.4, -0.2) is 48.3 Å². The Labute approximate surface area is 106 Å². The molecule has 3 nitrogen and oxygen atoms in total. The predicted molar refractivity (Wildman–Crippen MR) is 69.5 cm³/mol. The van der Waals surface area contributed by atoms with Crippen LogP contribution in [0.15, 0.2) is 29.2 Å². The maximum absolute atomic E-state index is 11.9. The molecule has 1 aromatic carbocycles. The van der Waals surface area contributed by atoms with Crippen LogP contribution in [0, 0.1) is 0 Å². The number of carbonyl (C=O) groups is 1. The van der Waals surface area contributed by atoms with Crippen molar-refractivity contribution in [1.29, 1.82) is 0 Å². The van der Waals surface area contributed by atoms with E-state index < -0.39 is 0 Å². The van der Waals surface area contributed by atoms with Crippen LogP contribution >= 0.6 is 11.8 Å². The summed E-state index contributed by atoms with van der Waals surface area (Å²) in [6.07, 6.45) is 0. The smallest absolute Gasteiger partial charge is 0.319 e. The Morgan fingerprint density at radius 1 is 1.35 bits per heavy atom. The number of amides is 2. The van der Waals surface area contributed by atoms with Gasteiger partial charge >= 0.3 is 6.03 Å². The number of thioether (sulfide) groups is 1. The first kappa shape index (κ1) is 11.0. The average molecular weight is 248 g/mol. The van der Waals surface area contributed by atoms with Crippen molar-refractivity contribution in [2.45, 2.75) is 10.8 Å². The van der Waals surface area contributed by atoms with Gasteiger partial charge in [-0.25, -0.2) is 4.79 Å². The van der Waals surface area contributed by atoms with E-state index in [2.05, 4.69) is 24.3 Å². The highest BCUT2D eigenvalue weighted by atomic mass is 32.2. The molecule has 2 amide bonds. The van der Waals surface area contributed by atoms with E-state index in [1.165, 1.54) is 10.5 Å². The van der Waals surface area contributed by atoms with Crippen molar-refractivity contribution in [3.05, 3.63) is 29.8 Å². The van der Waals surface area contributed by atoms with Gasteiger partial charge in [-0.05, 0) is 11.6 Å². The van der Waals surface area contributed by atoms with Gasteiger partial charge in [0, 0.05) is 43.2 Å². The molecule has 1 atom stereocenters. The number of likely N-dealkylation sites (N-methyl/N-ethyl adjacent to an activating group) is 1. The number of rotatable bonds is 2. The lowest BCUT2D eigenvalue weighted by Crippen LogP contribution is -2.33. The van der Waals surface area contributed by atoms with Crippen LogP contribution in [0.5, 0.6) is 0 Å². The van der Waals surface area contributed by atoms with Crippen LogP contribution in [0.4, 0.5) is 4.79 Å². The first-order chi connectivity index (χ1) is 8.25. The van der Waals surface area contributed by atoms with E-state index in [-0.39, 0.29) is 6.03 Å². The minimum Gasteiger partial charge on any atom is -0.326 e. The van der Waals surface area contributed by atoms with Crippen LogP contribution in [0.2, 0.25) is 0 Å². The average Bonchev–Trinajstić information content (AvgIpc) is 2.89. The van der Waals surface area contributed by atoms with Crippen molar-refractivity contribution in [3.8, 4) is 0 Å². The summed E-state index contributed by atoms with van der Waals surface area (Å²) in [7, 11) is 1.87. The Hall–Kier alpha value is -1.16. The third kappa shape index (κ3) is 1.90. The zero-order chi connectivity index (χ0) is 11.8. The molecule has 4 heteroatoms. The highest BCUT2D eigenvalue weighted by Crippen LogP contribution is 2.39. The third-order valence-corrected chi connectivity index (χ3v) is 4.79. The number of hydrogen-bond donors (Lipinski definition) is 0. The van der Waals surface area contributed by atoms with Gasteiger partial charge in [0.05, 0.1) is 0 Å². The van der Waals surface area contributed by atoms with Crippen LogP contribution < -0.4 is 0 Å². The SMILES string of the molecule is CN1CCN(CC2CSc3ccccc32)C1=O. The first-order valence-corrected chi connectivity index (χ1v) is 6.96. The van der Waals surface area contributed by atoms with Crippen molar-refractivity contribution in [2.75, 3.05) is 32.4 Å². The molecule has 1 aromatic rings. The summed E-state index contributed by atoms with van der Waals surface area (Å²) in [5, 5.41) is 0. The topological polar surface area (TPSA) is 23.6 Å². The van der Waals surface area contributed by atoms with Gasteiger partial charge in [0.2, 0.25) is 0 Å². The zero-order valence-electron chi connectivity index (χ0n) is 9.93. The van der Waals surface area contributed by atoms with Crippen LogP contribution in [-0.2, 0) is 0 Å². The van der Waals surface area contributed by atoms with E-state index in [0.717, 1.165) is 25.4 Å². The predicted octanol–water partition coefficient (Wildman–Crippen LogP) is 2.24. The largest absolute Gasteiger partial charge is 0.326 e. The van der Waals surface area contributed by atoms with Gasteiger partial charge < -0.3 is 9.80 Å². The fourth-order valence-corrected chi connectivity index (χ4v) is 3.76. The van der Waals surface area contributed by atoms with Crippen LogP contribution in [0.25, 0.3) is 0 Å². The minimum absolute atomic E-state index is 0.180. The third-order valence-electron chi connectivity index (χ3n) is 3.54. The number of fused-ring (bicyclic) bond motifs is 1. The van der Waals surface area contributed by atoms with Gasteiger partial charge in [0.1, 0.15) is 0 Å². The summed E-state index contributed by atoms with van der Waals surface area (Å²) in [6.45, 7) is 2.60. The fraction of sp³-hybridized carbons (Fsp3) is 0.462. The summed E-state index contributed by atoms with van der Waals surface area (Å²) in [5.41, 5.74) is 1.42. The second-order valence-corrected chi connectivity index (χ2v) is 5.76. The Bertz CT molecular complexity index is 449. The lowest BCUT2D eigenvalue weighted by Gasteiger charge is -2.20. The molecule has 1 fully saturated rings. The normalized spacial score (nSPS) is 23.4. The first-order valence-electron chi connectivity index (χ1n) is 5.97. The lowest BCUT2D eigenvalue weighted by atomic mass is 10.0. The molecule has 0 bridgehead atoms. The molecule has 90 valence electrons. The van der Waals surface area contributed by atoms with Crippen molar-refractivity contribution in [3.63, 3.8) is 0 Å². The van der Waals surface area contributed by atoms with Crippen LogP contribution in [0.3, 0.4) is 0 Å². The molecule has 1 unspecified atom stereocenters. The van der Waals surface area contributed by atoms with Gasteiger partial charge in [0.15, 0.2) is 0 Å². The molecule has 3 rings (SSSR count). The van der Waals surface area contributed by atoms with Crippen LogP contribution in [0.1, 0.15) is 11.5 Å². The Morgan fingerprint density at radius 2 is 2.18 bits per heavy atom. The summed E-state index contributed by atoms with van der Waals surface area (Å²) in [6, 6.07) is 8.74. The Kier molecular flexibility index (Phi) is 2.74. The summed E-state index contributed by atoms with van der Waals surface area (Å²) < 4.78 is 0. The summed E-state index contributed by atoms with van der Waals surface area (Å²) in [5.74, 6) is 1.61. The van der Waals surface area contributed by atoms with E-state index in [0.29, 0.717) is 5.92 Å². The number of nitrogens with zero attached hydrogens (tertiary/aromatic N) is 2. The molecule has 0 spiro atoms. The molecule has 17 heavy (non-hydrogen) atoms. The molecule has 0 aromatic heterocycles. The van der Waals surface area contributed by atoms with E-state index in [1.807, 2.05) is 23.7 Å². The van der Waals surface area contributed by atoms with E-state index in [4.69, 9.17) is 0 Å². The quantitative estimate of drug-likeness (QED) is 0.801. The second-order valence-electron chi connectivity index (χ2n) is 4.70. The van der Waals surface area contributed by atoms with E-state index >= 15 is 0 Å². The van der Waals surface area contributed by atoms with Crippen molar-refractivity contribution < 1.29 is 4.79 Å². The van der Waals surface area contributed by atoms with Gasteiger partial charge in [-0.2, -0.15) is 0 Å². The molecule has 2 aliphatic heterocycles. The van der Waals surface area contributed by atoms with Gasteiger partial charge in [-0.3, -0.25) is 0 Å². The lowest BCUT2D eigenvalue weighted by molar-refractivity contribution is 0.197. The highest BCUT2D eigenvalue weighted by Gasteiger charge is 2.30. The standard InChI is InChI=1S/C13H16N2OS/c1-14-6-7-15(13(14)16)8-10-9-17-12-5-3-2-4-11(10)12/h2-5,10H,6-9H2,1H3. The molecule has 0 aliphatic carbocycles. The minimum atomic E-state index is 0.180. The number of urea groups is 1. The molecule has 0 saturated carbocycles. The number of benzene rings is 1. The highest BCUT2D eigenvalue weighted by molar-refractivity contribution is 7.99. The monoisotopic (exact) mass is 248 g/mol. The fourth-order valence-electron chi connectivity index (χ4n) is 2.52. The van der Waals surface area contributed by atoms with Gasteiger partial charge in [-0.1, -0.05) is 18.2 Å². The molecular weight excluding hydrogens is 232 g/mol. The Morgan fingerprint density at radius 3 is 2.94 bits per heavy atom.